The summed E-state index contributed by atoms with van der Waals surface area (Å²) < 4.78 is 33.6. The molecular formula is C20H27N11O9S2. The first-order valence-corrected chi connectivity index (χ1v) is 14.6. The Balaban J connectivity index is 1.47. The van der Waals surface area contributed by atoms with Gasteiger partial charge in [0.2, 0.25) is 5.60 Å². The lowest BCUT2D eigenvalue weighted by atomic mass is 9.98. The molecule has 0 spiro atoms. The number of aliphatic carboxylic acids is 1. The van der Waals surface area contributed by atoms with Crippen molar-refractivity contribution >= 4 is 56.3 Å². The molecule has 4 rings (SSSR count). The molecule has 0 radical (unpaired) electrons. The van der Waals surface area contributed by atoms with Crippen LogP contribution in [0.1, 0.15) is 30.7 Å². The molecule has 1 saturated heterocycles. The Morgan fingerprint density at radius 1 is 1.29 bits per heavy atom. The van der Waals surface area contributed by atoms with E-state index in [2.05, 4.69) is 36.3 Å². The molecule has 22 heteroatoms. The van der Waals surface area contributed by atoms with Gasteiger partial charge in [-0.3, -0.25) is 14.1 Å². The fourth-order valence-corrected chi connectivity index (χ4v) is 5.17. The van der Waals surface area contributed by atoms with Crippen LogP contribution >= 0.6 is 11.3 Å². The number of amides is 4. The molecule has 1 aliphatic carbocycles. The van der Waals surface area contributed by atoms with Crippen LogP contribution in [-0.2, 0) is 42.6 Å². The average Bonchev–Trinajstić information content (AvgIpc) is 3.38. The number of nitrogens with two attached hydrogens (primary N) is 2. The number of urea groups is 1. The highest BCUT2D eigenvalue weighted by Crippen LogP contribution is 2.40. The maximum Gasteiger partial charge on any atom is 0.362 e. The normalized spacial score (nSPS) is 19.5. The van der Waals surface area contributed by atoms with E-state index in [0.29, 0.717) is 19.5 Å². The van der Waals surface area contributed by atoms with Crippen molar-refractivity contribution in [1.29, 1.82) is 0 Å². The van der Waals surface area contributed by atoms with E-state index in [1.165, 1.54) is 11.6 Å². The predicted molar refractivity (Wildman–Crippen MR) is 142 cm³/mol. The van der Waals surface area contributed by atoms with E-state index in [1.54, 1.807) is 0 Å². The van der Waals surface area contributed by atoms with Crippen molar-refractivity contribution in [3.05, 3.63) is 23.0 Å². The third kappa shape index (κ3) is 6.89. The first-order chi connectivity index (χ1) is 19.8. The Morgan fingerprint density at radius 3 is 2.62 bits per heavy atom. The number of carbonyl (C=O) groups is 4. The summed E-state index contributed by atoms with van der Waals surface area (Å²) in [6.45, 7) is 0.355. The Bertz CT molecular complexity index is 1500. The SMILES string of the molecule is NCCCNC(=O)NCc1cnn(C[C@H]2C(NC(=O)/C(=N\OC3(C(=O)O)CC3)c3csc(N)n3)C(=O)N2S(=O)(=O)O)n1. The molecule has 42 heavy (non-hydrogen) atoms. The van der Waals surface area contributed by atoms with Crippen LogP contribution in [0.15, 0.2) is 16.7 Å². The number of carbonyl (C=O) groups excluding carboxylic acids is 3. The molecule has 2 aromatic rings. The van der Waals surface area contributed by atoms with Gasteiger partial charge in [-0.05, 0) is 13.0 Å². The summed E-state index contributed by atoms with van der Waals surface area (Å²) in [5, 5.41) is 30.0. The van der Waals surface area contributed by atoms with Crippen LogP contribution in [0.4, 0.5) is 9.93 Å². The van der Waals surface area contributed by atoms with Crippen molar-refractivity contribution in [2.45, 2.75) is 50.0 Å². The average molecular weight is 630 g/mol. The van der Waals surface area contributed by atoms with Crippen molar-refractivity contribution in [1.82, 2.24) is 40.2 Å². The molecule has 3 heterocycles. The van der Waals surface area contributed by atoms with Crippen LogP contribution in [0.3, 0.4) is 0 Å². The smallest absolute Gasteiger partial charge is 0.362 e. The van der Waals surface area contributed by atoms with E-state index in [-0.39, 0.29) is 40.2 Å². The first-order valence-electron chi connectivity index (χ1n) is 12.3. The van der Waals surface area contributed by atoms with Crippen LogP contribution in [0.2, 0.25) is 0 Å². The van der Waals surface area contributed by atoms with Crippen LogP contribution in [0.25, 0.3) is 0 Å². The molecule has 228 valence electrons. The molecule has 2 aromatic heterocycles. The van der Waals surface area contributed by atoms with Gasteiger partial charge in [-0.2, -0.15) is 23.4 Å². The number of carboxylic acid groups (broad SMARTS) is 1. The molecule has 0 aromatic carbocycles. The maximum atomic E-state index is 13.2. The van der Waals surface area contributed by atoms with Gasteiger partial charge in [0.25, 0.3) is 11.8 Å². The maximum absolute atomic E-state index is 13.2. The number of carboxylic acids is 1. The zero-order valence-electron chi connectivity index (χ0n) is 21.7. The molecule has 2 atom stereocenters. The Hall–Kier alpha value is -4.41. The Labute approximate surface area is 241 Å². The van der Waals surface area contributed by atoms with Crippen LogP contribution < -0.4 is 27.4 Å². The highest BCUT2D eigenvalue weighted by Gasteiger charge is 2.56. The van der Waals surface area contributed by atoms with Gasteiger partial charge < -0.3 is 37.4 Å². The Morgan fingerprint density at radius 2 is 2.02 bits per heavy atom. The number of nitrogens with one attached hydrogen (secondary N) is 3. The number of hydrogen-bond donors (Lipinski definition) is 7. The van der Waals surface area contributed by atoms with Crippen molar-refractivity contribution in [2.75, 3.05) is 18.8 Å². The molecule has 20 nitrogen and oxygen atoms in total. The third-order valence-electron chi connectivity index (χ3n) is 6.12. The summed E-state index contributed by atoms with van der Waals surface area (Å²) in [7, 11) is -5.04. The lowest BCUT2D eigenvalue weighted by molar-refractivity contribution is -0.153. The fraction of sp³-hybridized carbons (Fsp3) is 0.500. The predicted octanol–water partition coefficient (Wildman–Crippen LogP) is -3.00. The minimum absolute atomic E-state index is 0.0331. The van der Waals surface area contributed by atoms with E-state index in [4.69, 9.17) is 16.3 Å². The molecule has 1 aliphatic heterocycles. The van der Waals surface area contributed by atoms with Gasteiger partial charge in [0.15, 0.2) is 10.8 Å². The minimum Gasteiger partial charge on any atom is -0.478 e. The summed E-state index contributed by atoms with van der Waals surface area (Å²) in [6, 6.07) is -3.35. The van der Waals surface area contributed by atoms with Gasteiger partial charge in [0.05, 0.1) is 19.3 Å². The highest BCUT2D eigenvalue weighted by atomic mass is 32.2. The van der Waals surface area contributed by atoms with E-state index in [1.807, 2.05) is 0 Å². The van der Waals surface area contributed by atoms with Crippen molar-refractivity contribution < 1.29 is 42.1 Å². The summed E-state index contributed by atoms with van der Waals surface area (Å²) in [5.74, 6) is -3.50. The number of nitrogens with zero attached hydrogens (tertiary/aromatic N) is 6. The molecule has 4 amide bonds. The number of thiazole rings is 1. The van der Waals surface area contributed by atoms with Crippen LogP contribution in [-0.4, -0.2) is 103 Å². The van der Waals surface area contributed by atoms with Gasteiger partial charge in [-0.25, -0.2) is 18.9 Å². The van der Waals surface area contributed by atoms with E-state index in [9.17, 15) is 37.3 Å². The second-order valence-corrected chi connectivity index (χ2v) is 11.4. The number of hydrogen-bond acceptors (Lipinski definition) is 14. The van der Waals surface area contributed by atoms with Crippen molar-refractivity contribution in [3.8, 4) is 0 Å². The summed E-state index contributed by atoms with van der Waals surface area (Å²) in [4.78, 5) is 59.2. The highest BCUT2D eigenvalue weighted by molar-refractivity contribution is 7.84. The zero-order valence-corrected chi connectivity index (χ0v) is 23.3. The summed E-state index contributed by atoms with van der Waals surface area (Å²) in [5.41, 5.74) is 9.11. The lowest BCUT2D eigenvalue weighted by Crippen LogP contribution is -2.73. The second-order valence-electron chi connectivity index (χ2n) is 9.17. The molecule has 2 fully saturated rings. The van der Waals surface area contributed by atoms with Crippen molar-refractivity contribution in [3.63, 3.8) is 0 Å². The number of anilines is 1. The van der Waals surface area contributed by atoms with Gasteiger partial charge in [0.1, 0.15) is 23.5 Å². The number of aromatic nitrogens is 4. The van der Waals surface area contributed by atoms with E-state index >= 15 is 0 Å². The zero-order chi connectivity index (χ0) is 30.7. The standard InChI is InChI=1S/C20H27N11O9S2/c21-4-1-5-23-19(36)24-6-10-7-25-30(28-10)8-12-14(16(33)31(12)42(37,38)39)27-15(32)13(11-9-41-18(22)26-11)29-40-20(2-3-20)17(34)35/h7,9,12,14H,1-6,8,21H2,(H2,22,26)(H,27,32)(H,34,35)(H2,23,24,36)(H,37,38,39)/b29-13-/t12-,14?/m0/s1. The summed E-state index contributed by atoms with van der Waals surface area (Å²) >= 11 is 0.955. The molecular weight excluding hydrogens is 602 g/mol. The first kappa shape index (κ1) is 30.5. The Kier molecular flexibility index (Phi) is 8.89. The molecule has 9 N–H and O–H groups in total. The monoisotopic (exact) mass is 629 g/mol. The quantitative estimate of drug-likeness (QED) is 0.0360. The topological polar surface area (TPSA) is 299 Å². The van der Waals surface area contributed by atoms with E-state index in [0.717, 1.165) is 16.1 Å². The number of nitrogen functional groups attached to an aromatic ring is 1. The number of oxime groups is 1. The van der Waals surface area contributed by atoms with Gasteiger partial charge in [0, 0.05) is 24.8 Å². The van der Waals surface area contributed by atoms with Gasteiger partial charge >= 0.3 is 22.3 Å². The number of β-lactam (4-membered cyclic amide) rings is 1. The minimum atomic E-state index is -5.04. The number of rotatable bonds is 14. The van der Waals surface area contributed by atoms with Gasteiger partial charge in [-0.15, -0.1) is 11.3 Å². The van der Waals surface area contributed by atoms with Crippen LogP contribution in [0, 0.1) is 0 Å². The molecule has 2 aliphatic rings. The molecule has 1 unspecified atom stereocenters. The largest absolute Gasteiger partial charge is 0.478 e. The van der Waals surface area contributed by atoms with Gasteiger partial charge in [-0.1, -0.05) is 5.16 Å². The third-order valence-corrected chi connectivity index (χ3v) is 7.74. The van der Waals surface area contributed by atoms with E-state index < -0.39 is 64.1 Å². The fourth-order valence-electron chi connectivity index (χ4n) is 3.75. The lowest BCUT2D eigenvalue weighted by Gasteiger charge is -2.43. The second kappa shape index (κ2) is 12.2. The summed E-state index contributed by atoms with van der Waals surface area (Å²) in [6.07, 6.45) is 2.18. The molecule has 0 bridgehead atoms. The molecule has 1 saturated carbocycles. The van der Waals surface area contributed by atoms with Crippen molar-refractivity contribution in [2.24, 2.45) is 10.9 Å². The van der Waals surface area contributed by atoms with Crippen LogP contribution in [0.5, 0.6) is 0 Å².